The zero-order valence-electron chi connectivity index (χ0n) is 15.4. The van der Waals surface area contributed by atoms with E-state index in [1.165, 1.54) is 0 Å². The molecule has 0 radical (unpaired) electrons. The number of nitrogens with one attached hydrogen (secondary N) is 1. The van der Waals surface area contributed by atoms with Gasteiger partial charge in [0.2, 0.25) is 11.8 Å². The summed E-state index contributed by atoms with van der Waals surface area (Å²) >= 11 is 0. The lowest BCUT2D eigenvalue weighted by Crippen LogP contribution is -2.04. The molecule has 1 aliphatic rings. The lowest BCUT2D eigenvalue weighted by Gasteiger charge is -2.15. The Morgan fingerprint density at radius 2 is 1.74 bits per heavy atom. The van der Waals surface area contributed by atoms with Crippen LogP contribution in [0, 0.1) is 25.2 Å². The Labute approximate surface area is 158 Å². The van der Waals surface area contributed by atoms with Gasteiger partial charge in [0.1, 0.15) is 5.75 Å². The zero-order valence-corrected chi connectivity index (χ0v) is 15.4. The summed E-state index contributed by atoms with van der Waals surface area (Å²) in [6, 6.07) is 15.5. The van der Waals surface area contributed by atoms with Crippen molar-refractivity contribution in [3.8, 4) is 17.7 Å². The Bertz CT molecular complexity index is 1020. The second kappa shape index (κ2) is 7.08. The van der Waals surface area contributed by atoms with E-state index in [0.717, 1.165) is 53.1 Å². The van der Waals surface area contributed by atoms with E-state index in [2.05, 4.69) is 21.4 Å². The maximum Gasteiger partial charge on any atom is 0.230 e. The summed E-state index contributed by atoms with van der Waals surface area (Å²) in [5.41, 5.74) is 5.77. The number of ether oxygens (including phenoxy) is 1. The average Bonchev–Trinajstić information content (AvgIpc) is 3.14. The van der Waals surface area contributed by atoms with Crippen LogP contribution in [0.2, 0.25) is 0 Å². The van der Waals surface area contributed by atoms with Crippen LogP contribution in [0.15, 0.2) is 42.5 Å². The molecular weight excluding hydrogens is 336 g/mol. The quantitative estimate of drug-likeness (QED) is 0.713. The van der Waals surface area contributed by atoms with Gasteiger partial charge in [0.05, 0.1) is 17.3 Å². The maximum absolute atomic E-state index is 8.93. The highest BCUT2D eigenvalue weighted by atomic mass is 16.5. The number of benzene rings is 2. The number of nitriles is 1. The van der Waals surface area contributed by atoms with Crippen LogP contribution in [0.5, 0.6) is 11.6 Å². The fraction of sp³-hybridized carbons (Fsp3) is 0.227. The van der Waals surface area contributed by atoms with Gasteiger partial charge in [-0.3, -0.25) is 0 Å². The molecule has 0 spiro atoms. The van der Waals surface area contributed by atoms with Gasteiger partial charge in [-0.05, 0) is 68.5 Å². The molecule has 0 saturated heterocycles. The van der Waals surface area contributed by atoms with E-state index in [1.807, 2.05) is 44.2 Å². The highest BCUT2D eigenvalue weighted by Gasteiger charge is 2.22. The smallest absolute Gasteiger partial charge is 0.230 e. The first-order valence-corrected chi connectivity index (χ1v) is 9.05. The molecule has 0 atom stereocenters. The molecule has 4 rings (SSSR count). The molecular formula is C22H20N4O. The molecule has 0 aliphatic heterocycles. The predicted molar refractivity (Wildman–Crippen MR) is 104 cm³/mol. The van der Waals surface area contributed by atoms with E-state index in [-0.39, 0.29) is 0 Å². The molecule has 2 aromatic carbocycles. The zero-order chi connectivity index (χ0) is 18.8. The number of nitrogens with zero attached hydrogens (tertiary/aromatic N) is 3. The van der Waals surface area contributed by atoms with Crippen molar-refractivity contribution < 1.29 is 4.74 Å². The fourth-order valence-electron chi connectivity index (χ4n) is 3.35. The lowest BCUT2D eigenvalue weighted by molar-refractivity contribution is 0.450. The van der Waals surface area contributed by atoms with Gasteiger partial charge < -0.3 is 10.1 Å². The van der Waals surface area contributed by atoms with E-state index in [4.69, 9.17) is 10.00 Å². The average molecular weight is 356 g/mol. The first kappa shape index (κ1) is 17.0. The topological polar surface area (TPSA) is 70.8 Å². The summed E-state index contributed by atoms with van der Waals surface area (Å²) in [4.78, 5) is 9.32. The largest absolute Gasteiger partial charge is 0.438 e. The number of aryl methyl sites for hydroxylation is 3. The molecule has 5 nitrogen and oxygen atoms in total. The van der Waals surface area contributed by atoms with Crippen LogP contribution in [0.3, 0.4) is 0 Å². The molecule has 1 aromatic heterocycles. The normalized spacial score (nSPS) is 12.3. The van der Waals surface area contributed by atoms with E-state index in [9.17, 15) is 0 Å². The third-order valence-corrected chi connectivity index (χ3v) is 4.77. The van der Waals surface area contributed by atoms with Crippen molar-refractivity contribution in [3.05, 3.63) is 70.4 Å². The summed E-state index contributed by atoms with van der Waals surface area (Å²) in [6.45, 7) is 4.08. The molecule has 5 heteroatoms. The minimum atomic E-state index is 0.515. The summed E-state index contributed by atoms with van der Waals surface area (Å²) in [7, 11) is 0. The van der Waals surface area contributed by atoms with Gasteiger partial charge in [0.25, 0.3) is 0 Å². The molecule has 134 valence electrons. The minimum Gasteiger partial charge on any atom is -0.438 e. The first-order valence-electron chi connectivity index (χ1n) is 9.05. The Hall–Kier alpha value is -3.39. The number of hydrogen-bond donors (Lipinski definition) is 1. The van der Waals surface area contributed by atoms with Crippen LogP contribution in [0.4, 0.5) is 11.6 Å². The van der Waals surface area contributed by atoms with Gasteiger partial charge in [0.15, 0.2) is 0 Å². The number of para-hydroxylation sites is 1. The lowest BCUT2D eigenvalue weighted by atomic mass is 10.1. The number of hydrogen-bond acceptors (Lipinski definition) is 5. The van der Waals surface area contributed by atoms with Gasteiger partial charge >= 0.3 is 0 Å². The van der Waals surface area contributed by atoms with E-state index in [1.54, 1.807) is 12.1 Å². The molecule has 1 aliphatic carbocycles. The Morgan fingerprint density at radius 3 is 2.44 bits per heavy atom. The van der Waals surface area contributed by atoms with Crippen molar-refractivity contribution in [2.45, 2.75) is 33.1 Å². The Morgan fingerprint density at radius 1 is 1.00 bits per heavy atom. The minimum absolute atomic E-state index is 0.515. The SMILES string of the molecule is Cc1cccc(C)c1Oc1nc(Nc2ccc(C#N)cc2)nc2c1CCC2. The number of rotatable bonds is 4. The van der Waals surface area contributed by atoms with E-state index < -0.39 is 0 Å². The number of anilines is 2. The molecule has 1 heterocycles. The predicted octanol–water partition coefficient (Wildman–Crippen LogP) is 4.99. The van der Waals surface area contributed by atoms with Gasteiger partial charge in [-0.1, -0.05) is 18.2 Å². The number of aromatic nitrogens is 2. The summed E-state index contributed by atoms with van der Waals surface area (Å²) in [6.07, 6.45) is 2.93. The van der Waals surface area contributed by atoms with Gasteiger partial charge in [0, 0.05) is 11.3 Å². The molecule has 0 unspecified atom stereocenters. The molecule has 0 fully saturated rings. The van der Waals surface area contributed by atoms with Crippen LogP contribution in [0.1, 0.15) is 34.4 Å². The Kier molecular flexibility index (Phi) is 4.47. The van der Waals surface area contributed by atoms with Crippen LogP contribution in [0.25, 0.3) is 0 Å². The molecule has 0 saturated carbocycles. The first-order chi connectivity index (χ1) is 13.1. The molecule has 3 aromatic rings. The van der Waals surface area contributed by atoms with Crippen molar-refractivity contribution in [1.82, 2.24) is 9.97 Å². The van der Waals surface area contributed by atoms with Crippen molar-refractivity contribution in [2.24, 2.45) is 0 Å². The van der Waals surface area contributed by atoms with Gasteiger partial charge in [-0.15, -0.1) is 0 Å². The van der Waals surface area contributed by atoms with E-state index >= 15 is 0 Å². The third-order valence-electron chi connectivity index (χ3n) is 4.77. The highest BCUT2D eigenvalue weighted by molar-refractivity contribution is 5.56. The molecule has 1 N–H and O–H groups in total. The van der Waals surface area contributed by atoms with Crippen LogP contribution in [-0.2, 0) is 12.8 Å². The molecule has 0 amide bonds. The monoisotopic (exact) mass is 356 g/mol. The standard InChI is InChI=1S/C22H20N4O/c1-14-5-3-6-15(2)20(14)27-21-18-7-4-8-19(18)25-22(26-21)24-17-11-9-16(13-23)10-12-17/h3,5-6,9-12H,4,7-8H2,1-2H3,(H,24,25,26). The summed E-state index contributed by atoms with van der Waals surface area (Å²) in [5.74, 6) is 2.00. The second-order valence-corrected chi connectivity index (χ2v) is 6.77. The van der Waals surface area contributed by atoms with Crippen LogP contribution >= 0.6 is 0 Å². The van der Waals surface area contributed by atoms with Crippen molar-refractivity contribution in [3.63, 3.8) is 0 Å². The van der Waals surface area contributed by atoms with E-state index in [0.29, 0.717) is 17.4 Å². The van der Waals surface area contributed by atoms with Crippen LogP contribution in [-0.4, -0.2) is 9.97 Å². The molecule has 27 heavy (non-hydrogen) atoms. The Balaban J connectivity index is 1.68. The maximum atomic E-state index is 8.93. The van der Waals surface area contributed by atoms with Gasteiger partial charge in [-0.25, -0.2) is 4.98 Å². The summed E-state index contributed by atoms with van der Waals surface area (Å²) < 4.78 is 6.26. The van der Waals surface area contributed by atoms with Crippen molar-refractivity contribution in [2.75, 3.05) is 5.32 Å². The number of fused-ring (bicyclic) bond motifs is 1. The van der Waals surface area contributed by atoms with Crippen LogP contribution < -0.4 is 10.1 Å². The van der Waals surface area contributed by atoms with Crippen molar-refractivity contribution >= 4 is 11.6 Å². The molecule has 0 bridgehead atoms. The summed E-state index contributed by atoms with van der Waals surface area (Å²) in [5, 5.41) is 12.2. The van der Waals surface area contributed by atoms with Gasteiger partial charge in [-0.2, -0.15) is 10.2 Å². The van der Waals surface area contributed by atoms with Crippen molar-refractivity contribution in [1.29, 1.82) is 5.26 Å². The second-order valence-electron chi connectivity index (χ2n) is 6.77. The fourth-order valence-corrected chi connectivity index (χ4v) is 3.35. The third kappa shape index (κ3) is 3.47. The highest BCUT2D eigenvalue weighted by Crippen LogP contribution is 2.35.